The molecule has 0 saturated carbocycles. The van der Waals surface area contributed by atoms with E-state index in [1.165, 1.54) is 5.56 Å². The molecule has 3 aromatic rings. The number of hydrogen-bond acceptors (Lipinski definition) is 3. The molecule has 0 aliphatic heterocycles. The van der Waals surface area contributed by atoms with Crippen molar-refractivity contribution in [3.05, 3.63) is 84.2 Å². The van der Waals surface area contributed by atoms with Gasteiger partial charge >= 0.3 is 0 Å². The van der Waals surface area contributed by atoms with Crippen LogP contribution in [0.3, 0.4) is 0 Å². The van der Waals surface area contributed by atoms with Crippen LogP contribution in [0.4, 0.5) is 11.4 Å². The van der Waals surface area contributed by atoms with Gasteiger partial charge in [-0.2, -0.15) is 0 Å². The zero-order valence-electron chi connectivity index (χ0n) is 11.3. The van der Waals surface area contributed by atoms with E-state index in [2.05, 4.69) is 27.2 Å². The van der Waals surface area contributed by atoms with Crippen LogP contribution in [0, 0.1) is 6.57 Å². The molecule has 0 atom stereocenters. The lowest BCUT2D eigenvalue weighted by Crippen LogP contribution is -2.27. The average Bonchev–Trinajstić information content (AvgIpc) is 3.08. The van der Waals surface area contributed by atoms with Crippen molar-refractivity contribution in [3.8, 4) is 0 Å². The highest BCUT2D eigenvalue weighted by Gasteiger charge is 2.09. The summed E-state index contributed by atoms with van der Waals surface area (Å²) in [4.78, 5) is 3.42. The molecule has 0 N–H and O–H groups in total. The first-order chi connectivity index (χ1) is 10.4. The summed E-state index contributed by atoms with van der Waals surface area (Å²) in [5.74, 6) is 0. The van der Waals surface area contributed by atoms with E-state index in [9.17, 15) is 0 Å². The minimum absolute atomic E-state index is 0.627. The topological polar surface area (TPSA) is 38.3 Å². The van der Waals surface area contributed by atoms with Crippen LogP contribution in [0.2, 0.25) is 0 Å². The quantitative estimate of drug-likeness (QED) is 0.686. The lowest BCUT2D eigenvalue weighted by Gasteiger charge is -2.25. The van der Waals surface area contributed by atoms with Gasteiger partial charge in [0.15, 0.2) is 5.69 Å². The van der Waals surface area contributed by atoms with Crippen molar-refractivity contribution < 1.29 is 0 Å². The molecule has 0 spiro atoms. The summed E-state index contributed by atoms with van der Waals surface area (Å²) < 4.78 is 1.83. The van der Waals surface area contributed by atoms with Crippen LogP contribution < -0.4 is 5.01 Å². The van der Waals surface area contributed by atoms with Gasteiger partial charge in [-0.3, -0.25) is 5.01 Å². The Morgan fingerprint density at radius 1 is 0.952 bits per heavy atom. The highest BCUT2D eigenvalue weighted by atomic mass is 15.6. The van der Waals surface area contributed by atoms with Crippen LogP contribution in [-0.2, 0) is 6.54 Å². The van der Waals surface area contributed by atoms with E-state index in [-0.39, 0.29) is 0 Å². The molecule has 1 heterocycles. The maximum atomic E-state index is 7.03. The van der Waals surface area contributed by atoms with Gasteiger partial charge in [-0.1, -0.05) is 42.5 Å². The Morgan fingerprint density at radius 3 is 2.24 bits per heavy atom. The SMILES string of the molecule is [C-]#[N+]c1ccc(N(Cc2ccccc2)n2cnnc2)cc1. The van der Waals surface area contributed by atoms with Gasteiger partial charge in [0.25, 0.3) is 0 Å². The van der Waals surface area contributed by atoms with Crippen molar-refractivity contribution in [1.29, 1.82) is 0 Å². The second-order valence-corrected chi connectivity index (χ2v) is 4.51. The van der Waals surface area contributed by atoms with Crippen molar-refractivity contribution in [3.63, 3.8) is 0 Å². The molecule has 5 heteroatoms. The smallest absolute Gasteiger partial charge is 0.187 e. The molecule has 3 rings (SSSR count). The molecule has 1 aromatic heterocycles. The molecule has 5 nitrogen and oxygen atoms in total. The highest BCUT2D eigenvalue weighted by Crippen LogP contribution is 2.22. The molecule has 0 fully saturated rings. The van der Waals surface area contributed by atoms with Gasteiger partial charge in [0.2, 0.25) is 0 Å². The van der Waals surface area contributed by atoms with E-state index in [4.69, 9.17) is 6.57 Å². The van der Waals surface area contributed by atoms with Crippen molar-refractivity contribution in [1.82, 2.24) is 14.9 Å². The van der Waals surface area contributed by atoms with Gasteiger partial charge in [0.1, 0.15) is 12.7 Å². The second-order valence-electron chi connectivity index (χ2n) is 4.51. The average molecular weight is 275 g/mol. The van der Waals surface area contributed by atoms with Gasteiger partial charge in [-0.05, 0) is 17.7 Å². The predicted molar refractivity (Wildman–Crippen MR) is 80.7 cm³/mol. The lowest BCUT2D eigenvalue weighted by atomic mass is 10.2. The first-order valence-corrected chi connectivity index (χ1v) is 6.51. The van der Waals surface area contributed by atoms with E-state index in [0.29, 0.717) is 12.2 Å². The molecule has 0 bridgehead atoms. The number of aromatic nitrogens is 3. The Balaban J connectivity index is 1.94. The molecule has 0 amide bonds. The summed E-state index contributed by atoms with van der Waals surface area (Å²) in [7, 11) is 0. The fourth-order valence-corrected chi connectivity index (χ4v) is 2.08. The number of anilines is 1. The minimum Gasteiger partial charge on any atom is -0.275 e. The summed E-state index contributed by atoms with van der Waals surface area (Å²) in [5, 5.41) is 9.78. The van der Waals surface area contributed by atoms with Crippen LogP contribution in [0.25, 0.3) is 4.85 Å². The normalized spacial score (nSPS) is 10.0. The molecule has 0 unspecified atom stereocenters. The van der Waals surface area contributed by atoms with Crippen molar-refractivity contribution in [2.45, 2.75) is 6.54 Å². The predicted octanol–water partition coefficient (Wildman–Crippen LogP) is 3.30. The molecular formula is C16H13N5. The fourth-order valence-electron chi connectivity index (χ4n) is 2.08. The standard InChI is InChI=1S/C16H13N5/c1-17-15-7-9-16(10-8-15)21(20-12-18-19-13-20)11-14-5-3-2-4-6-14/h2-10,12-13H,11H2. The van der Waals surface area contributed by atoms with E-state index in [0.717, 1.165) is 5.69 Å². The van der Waals surface area contributed by atoms with Gasteiger partial charge in [0.05, 0.1) is 18.8 Å². The third-order valence-electron chi connectivity index (χ3n) is 3.14. The monoisotopic (exact) mass is 275 g/mol. The van der Waals surface area contributed by atoms with Crippen molar-refractivity contribution >= 4 is 11.4 Å². The zero-order chi connectivity index (χ0) is 14.5. The molecule has 0 aliphatic carbocycles. The third-order valence-corrected chi connectivity index (χ3v) is 3.14. The first kappa shape index (κ1) is 12.9. The molecule has 102 valence electrons. The summed E-state index contributed by atoms with van der Waals surface area (Å²) in [6.07, 6.45) is 3.32. The Labute approximate surface area is 122 Å². The number of rotatable bonds is 4. The molecule has 0 aliphatic rings. The summed E-state index contributed by atoms with van der Waals surface area (Å²) >= 11 is 0. The maximum absolute atomic E-state index is 7.03. The molecule has 0 radical (unpaired) electrons. The Hall–Kier alpha value is -3.13. The Morgan fingerprint density at radius 2 is 1.62 bits per heavy atom. The van der Waals surface area contributed by atoms with E-state index in [1.807, 2.05) is 52.1 Å². The van der Waals surface area contributed by atoms with Gasteiger partial charge < -0.3 is 0 Å². The maximum Gasteiger partial charge on any atom is 0.187 e. The lowest BCUT2D eigenvalue weighted by molar-refractivity contribution is 0.686. The van der Waals surface area contributed by atoms with E-state index >= 15 is 0 Å². The van der Waals surface area contributed by atoms with Crippen LogP contribution in [0.1, 0.15) is 5.56 Å². The zero-order valence-corrected chi connectivity index (χ0v) is 11.3. The van der Waals surface area contributed by atoms with Gasteiger partial charge in [0, 0.05) is 0 Å². The second kappa shape index (κ2) is 5.88. The Kier molecular flexibility index (Phi) is 3.61. The van der Waals surface area contributed by atoms with Crippen molar-refractivity contribution in [2.75, 3.05) is 5.01 Å². The number of nitrogens with zero attached hydrogens (tertiary/aromatic N) is 5. The van der Waals surface area contributed by atoms with Crippen LogP contribution in [-0.4, -0.2) is 14.9 Å². The summed E-state index contributed by atoms with van der Waals surface area (Å²) in [5.41, 5.74) is 2.79. The molecule has 21 heavy (non-hydrogen) atoms. The van der Waals surface area contributed by atoms with Crippen LogP contribution in [0.5, 0.6) is 0 Å². The molecule has 2 aromatic carbocycles. The van der Waals surface area contributed by atoms with Crippen LogP contribution in [0.15, 0.2) is 67.3 Å². The summed E-state index contributed by atoms with van der Waals surface area (Å²) in [6.45, 7) is 7.72. The largest absolute Gasteiger partial charge is 0.275 e. The highest BCUT2D eigenvalue weighted by molar-refractivity contribution is 5.55. The molecule has 0 saturated heterocycles. The summed E-state index contributed by atoms with van der Waals surface area (Å²) in [6, 6.07) is 17.7. The van der Waals surface area contributed by atoms with Gasteiger partial charge in [-0.25, -0.2) is 9.52 Å². The molecular weight excluding hydrogens is 262 g/mol. The number of hydrogen-bond donors (Lipinski definition) is 0. The number of benzene rings is 2. The Bertz CT molecular complexity index is 727. The van der Waals surface area contributed by atoms with Crippen molar-refractivity contribution in [2.24, 2.45) is 0 Å². The van der Waals surface area contributed by atoms with E-state index < -0.39 is 0 Å². The first-order valence-electron chi connectivity index (χ1n) is 6.51. The van der Waals surface area contributed by atoms with Crippen LogP contribution >= 0.6 is 0 Å². The van der Waals surface area contributed by atoms with E-state index in [1.54, 1.807) is 12.7 Å². The minimum atomic E-state index is 0.627. The fraction of sp³-hybridized carbons (Fsp3) is 0.0625. The van der Waals surface area contributed by atoms with Gasteiger partial charge in [-0.15, -0.1) is 10.2 Å². The third kappa shape index (κ3) is 2.90.